The predicted octanol–water partition coefficient (Wildman–Crippen LogP) is 2.49. The molecular weight excluding hydrogens is 382 g/mol. The zero-order valence-electron chi connectivity index (χ0n) is 16.7. The summed E-state index contributed by atoms with van der Waals surface area (Å²) in [5.74, 6) is -0.302. The van der Waals surface area contributed by atoms with Gasteiger partial charge in [0.05, 0.1) is 19.7 Å². The number of nitrogens with one attached hydrogen (secondary N) is 1. The zero-order chi connectivity index (χ0) is 20.9. The van der Waals surface area contributed by atoms with Gasteiger partial charge in [-0.3, -0.25) is 14.5 Å². The van der Waals surface area contributed by atoms with Crippen LogP contribution in [0.4, 0.5) is 4.79 Å². The number of carbonyl (C=O) groups is 3. The van der Waals surface area contributed by atoms with Crippen LogP contribution in [0.1, 0.15) is 30.1 Å². The van der Waals surface area contributed by atoms with Crippen molar-refractivity contribution in [3.8, 4) is 0 Å². The third-order valence-corrected chi connectivity index (χ3v) is 5.53. The first-order valence-electron chi connectivity index (χ1n) is 10.2. The van der Waals surface area contributed by atoms with Crippen LogP contribution >= 0.6 is 0 Å². The normalized spacial score (nSPS) is 21.6. The second kappa shape index (κ2) is 9.09. The fourth-order valence-electron chi connectivity index (χ4n) is 3.86. The average Bonchev–Trinajstić information content (AvgIpc) is 3.06. The number of imide groups is 1. The number of hydrogen-bond acceptors (Lipinski definition) is 4. The minimum atomic E-state index is -0.656. The first-order valence-corrected chi connectivity index (χ1v) is 10.2. The largest absolute Gasteiger partial charge is 0.370 e. The molecule has 0 saturated carbocycles. The van der Waals surface area contributed by atoms with Gasteiger partial charge in [0, 0.05) is 13.0 Å². The number of benzene rings is 2. The van der Waals surface area contributed by atoms with Crippen molar-refractivity contribution >= 4 is 17.8 Å². The van der Waals surface area contributed by atoms with Crippen LogP contribution < -0.4 is 5.32 Å². The zero-order valence-corrected chi connectivity index (χ0v) is 16.7. The summed E-state index contributed by atoms with van der Waals surface area (Å²) in [7, 11) is 0. The number of ether oxygens (including phenoxy) is 1. The molecule has 2 aromatic rings. The topological polar surface area (TPSA) is 79.0 Å². The summed E-state index contributed by atoms with van der Waals surface area (Å²) in [5.41, 5.74) is 1.93. The first kappa shape index (κ1) is 20.1. The molecule has 4 rings (SSSR count). The molecule has 1 N–H and O–H groups in total. The maximum Gasteiger partial charge on any atom is 0.325 e. The number of amides is 4. The summed E-state index contributed by atoms with van der Waals surface area (Å²) in [6, 6.07) is 18.2. The standard InChI is InChI=1S/C23H25N3O4/c27-21(25-13-14-30-20(16-25)18-9-5-2-6-10-18)12-11-19-22(28)26(23(29)24-19)15-17-7-3-1-4-8-17/h1-10,19-20H,11-16H2,(H,24,29). The minimum Gasteiger partial charge on any atom is -0.370 e. The van der Waals surface area contributed by atoms with Crippen LogP contribution in [-0.4, -0.2) is 53.4 Å². The van der Waals surface area contributed by atoms with Crippen molar-refractivity contribution in [3.05, 3.63) is 71.8 Å². The van der Waals surface area contributed by atoms with E-state index in [2.05, 4.69) is 5.32 Å². The van der Waals surface area contributed by atoms with Gasteiger partial charge < -0.3 is 15.0 Å². The maximum absolute atomic E-state index is 12.7. The van der Waals surface area contributed by atoms with E-state index in [0.29, 0.717) is 26.1 Å². The third-order valence-electron chi connectivity index (χ3n) is 5.53. The van der Waals surface area contributed by atoms with Gasteiger partial charge in [-0.2, -0.15) is 0 Å². The second-order valence-electron chi connectivity index (χ2n) is 7.56. The summed E-state index contributed by atoms with van der Waals surface area (Å²) in [6.45, 7) is 1.74. The van der Waals surface area contributed by atoms with Crippen molar-refractivity contribution in [2.24, 2.45) is 0 Å². The summed E-state index contributed by atoms with van der Waals surface area (Å²) in [6.07, 6.45) is 0.359. The van der Waals surface area contributed by atoms with Gasteiger partial charge in [0.1, 0.15) is 12.1 Å². The van der Waals surface area contributed by atoms with Crippen LogP contribution in [0.15, 0.2) is 60.7 Å². The van der Waals surface area contributed by atoms with Crippen molar-refractivity contribution in [2.45, 2.75) is 31.5 Å². The first-order chi connectivity index (χ1) is 14.6. The highest BCUT2D eigenvalue weighted by Gasteiger charge is 2.38. The van der Waals surface area contributed by atoms with Crippen LogP contribution in [0.5, 0.6) is 0 Å². The lowest BCUT2D eigenvalue weighted by Crippen LogP contribution is -2.43. The lowest BCUT2D eigenvalue weighted by molar-refractivity contribution is -0.139. The van der Waals surface area contributed by atoms with E-state index < -0.39 is 12.1 Å². The monoisotopic (exact) mass is 407 g/mol. The van der Waals surface area contributed by atoms with Crippen molar-refractivity contribution in [2.75, 3.05) is 19.7 Å². The maximum atomic E-state index is 12.7. The Hall–Kier alpha value is -3.19. The summed E-state index contributed by atoms with van der Waals surface area (Å²) < 4.78 is 5.81. The third kappa shape index (κ3) is 4.52. The van der Waals surface area contributed by atoms with Crippen molar-refractivity contribution in [3.63, 3.8) is 0 Å². The highest BCUT2D eigenvalue weighted by molar-refractivity contribution is 6.04. The number of nitrogens with zero attached hydrogens (tertiary/aromatic N) is 2. The van der Waals surface area contributed by atoms with Crippen molar-refractivity contribution < 1.29 is 19.1 Å². The lowest BCUT2D eigenvalue weighted by atomic mass is 10.1. The summed E-state index contributed by atoms with van der Waals surface area (Å²) in [5, 5.41) is 2.71. The van der Waals surface area contributed by atoms with E-state index >= 15 is 0 Å². The Balaban J connectivity index is 1.30. The number of morpholine rings is 1. The minimum absolute atomic E-state index is 0.0252. The average molecular weight is 407 g/mol. The molecule has 2 fully saturated rings. The van der Waals surface area contributed by atoms with Crippen LogP contribution in [0.2, 0.25) is 0 Å². The quantitative estimate of drug-likeness (QED) is 0.747. The van der Waals surface area contributed by atoms with E-state index in [1.807, 2.05) is 60.7 Å². The molecule has 2 saturated heterocycles. The van der Waals surface area contributed by atoms with E-state index in [4.69, 9.17) is 4.74 Å². The van der Waals surface area contributed by atoms with Crippen molar-refractivity contribution in [1.29, 1.82) is 0 Å². The SMILES string of the molecule is O=C(CCC1NC(=O)N(Cc2ccccc2)C1=O)N1CCOC(c2ccccc2)C1. The van der Waals surface area contributed by atoms with Gasteiger partial charge in [-0.05, 0) is 17.5 Å². The molecule has 2 aliphatic rings. The van der Waals surface area contributed by atoms with Gasteiger partial charge >= 0.3 is 6.03 Å². The van der Waals surface area contributed by atoms with Crippen LogP contribution in [0.25, 0.3) is 0 Å². The number of rotatable bonds is 6. The smallest absolute Gasteiger partial charge is 0.325 e. The molecule has 156 valence electrons. The van der Waals surface area contributed by atoms with Crippen LogP contribution in [0, 0.1) is 0 Å². The highest BCUT2D eigenvalue weighted by atomic mass is 16.5. The number of urea groups is 1. The van der Waals surface area contributed by atoms with Gasteiger partial charge in [0.2, 0.25) is 5.91 Å². The van der Waals surface area contributed by atoms with E-state index in [9.17, 15) is 14.4 Å². The van der Waals surface area contributed by atoms with Gasteiger partial charge in [-0.15, -0.1) is 0 Å². The molecule has 4 amide bonds. The summed E-state index contributed by atoms with van der Waals surface area (Å²) in [4.78, 5) is 40.6. The fourth-order valence-corrected chi connectivity index (χ4v) is 3.86. The Bertz CT molecular complexity index is 903. The van der Waals surface area contributed by atoms with E-state index in [0.717, 1.165) is 11.1 Å². The second-order valence-corrected chi connectivity index (χ2v) is 7.56. The van der Waals surface area contributed by atoms with Crippen LogP contribution in [-0.2, 0) is 20.9 Å². The molecule has 7 heteroatoms. The molecule has 2 aliphatic heterocycles. The molecule has 30 heavy (non-hydrogen) atoms. The Morgan fingerprint density at radius 3 is 2.47 bits per heavy atom. The van der Waals surface area contributed by atoms with Gasteiger partial charge in [0.25, 0.3) is 5.91 Å². The molecule has 0 spiro atoms. The molecular formula is C23H25N3O4. The Kier molecular flexibility index (Phi) is 6.09. The van der Waals surface area contributed by atoms with Gasteiger partial charge in [0.15, 0.2) is 0 Å². The number of hydrogen-bond donors (Lipinski definition) is 1. The summed E-state index contributed by atoms with van der Waals surface area (Å²) >= 11 is 0. The van der Waals surface area contributed by atoms with E-state index in [1.165, 1.54) is 4.90 Å². The molecule has 2 atom stereocenters. The molecule has 7 nitrogen and oxygen atoms in total. The van der Waals surface area contributed by atoms with Crippen LogP contribution in [0.3, 0.4) is 0 Å². The molecule has 0 radical (unpaired) electrons. The molecule has 2 unspecified atom stereocenters. The highest BCUT2D eigenvalue weighted by Crippen LogP contribution is 2.23. The molecule has 0 aromatic heterocycles. The molecule has 0 aliphatic carbocycles. The van der Waals surface area contributed by atoms with Crippen molar-refractivity contribution in [1.82, 2.24) is 15.1 Å². The molecule has 2 aromatic carbocycles. The lowest BCUT2D eigenvalue weighted by Gasteiger charge is -2.33. The fraction of sp³-hybridized carbons (Fsp3) is 0.348. The Labute approximate surface area is 175 Å². The van der Waals surface area contributed by atoms with E-state index in [1.54, 1.807) is 4.90 Å². The Morgan fingerprint density at radius 1 is 1.03 bits per heavy atom. The Morgan fingerprint density at radius 2 is 1.73 bits per heavy atom. The molecule has 2 heterocycles. The van der Waals surface area contributed by atoms with E-state index in [-0.39, 0.29) is 30.9 Å². The predicted molar refractivity (Wildman–Crippen MR) is 110 cm³/mol. The van der Waals surface area contributed by atoms with Gasteiger partial charge in [-0.1, -0.05) is 60.7 Å². The van der Waals surface area contributed by atoms with Gasteiger partial charge in [-0.25, -0.2) is 4.79 Å². The number of carbonyl (C=O) groups excluding carboxylic acids is 3. The molecule has 0 bridgehead atoms.